The molecule has 130 valence electrons. The van der Waals surface area contributed by atoms with Crippen LogP contribution in [0, 0.1) is 11.6 Å². The number of rotatable bonds is 5. The Morgan fingerprint density at radius 1 is 1.04 bits per heavy atom. The Labute approximate surface area is 138 Å². The van der Waals surface area contributed by atoms with Crippen LogP contribution in [0.4, 0.5) is 17.6 Å². The quantitative estimate of drug-likeness (QED) is 0.648. The molecule has 0 bridgehead atoms. The molecule has 0 N–H and O–H groups in total. The molecule has 0 aliphatic heterocycles. The average molecular weight is 354 g/mol. The fourth-order valence-electron chi connectivity index (χ4n) is 2.04. The van der Waals surface area contributed by atoms with Crippen molar-refractivity contribution in [2.75, 3.05) is 0 Å². The summed E-state index contributed by atoms with van der Waals surface area (Å²) < 4.78 is 62.3. The van der Waals surface area contributed by atoms with E-state index >= 15 is 0 Å². The first kappa shape index (κ1) is 16.8. The van der Waals surface area contributed by atoms with Gasteiger partial charge in [-0.2, -0.15) is 8.78 Å². The molecule has 0 radical (unpaired) electrons. The Bertz CT molecular complexity index is 850. The lowest BCUT2D eigenvalue weighted by molar-refractivity contribution is 0.116. The first-order valence-electron chi connectivity index (χ1n) is 7.00. The number of halogens is 4. The zero-order valence-electron chi connectivity index (χ0n) is 12.7. The van der Waals surface area contributed by atoms with Crippen molar-refractivity contribution in [3.8, 4) is 17.5 Å². The molecule has 1 unspecified atom stereocenters. The van der Waals surface area contributed by atoms with E-state index in [2.05, 4.69) is 20.2 Å². The lowest BCUT2D eigenvalue weighted by Crippen LogP contribution is -2.09. The SMILES string of the molecule is CC(Oc1ncc(-c2nnc(C(F)F)o2)cn1)c1c(F)cccc1F. The maximum atomic E-state index is 13.7. The van der Waals surface area contributed by atoms with E-state index in [1.54, 1.807) is 0 Å². The van der Waals surface area contributed by atoms with Gasteiger partial charge in [0.1, 0.15) is 17.7 Å². The molecule has 0 aliphatic carbocycles. The molecule has 2 aromatic heterocycles. The van der Waals surface area contributed by atoms with Crippen molar-refractivity contribution in [3.05, 3.63) is 53.7 Å². The normalized spacial score (nSPS) is 12.4. The predicted octanol–water partition coefficient (Wildman–Crippen LogP) is 3.88. The van der Waals surface area contributed by atoms with Crippen molar-refractivity contribution < 1.29 is 26.7 Å². The van der Waals surface area contributed by atoms with Crippen molar-refractivity contribution in [1.29, 1.82) is 0 Å². The molecule has 0 aliphatic rings. The minimum atomic E-state index is -2.89. The molecular formula is C15H10F4N4O2. The van der Waals surface area contributed by atoms with Crippen LogP contribution < -0.4 is 4.74 Å². The van der Waals surface area contributed by atoms with Crippen LogP contribution in [0.15, 0.2) is 35.0 Å². The summed E-state index contributed by atoms with van der Waals surface area (Å²) in [5, 5.41) is 6.64. The van der Waals surface area contributed by atoms with Crippen LogP contribution in [0.1, 0.15) is 30.9 Å². The van der Waals surface area contributed by atoms with Crippen molar-refractivity contribution in [3.63, 3.8) is 0 Å². The van der Waals surface area contributed by atoms with Crippen LogP contribution in [0.5, 0.6) is 6.01 Å². The van der Waals surface area contributed by atoms with Gasteiger partial charge in [-0.05, 0) is 19.1 Å². The molecule has 10 heteroatoms. The van der Waals surface area contributed by atoms with Crippen LogP contribution in [-0.4, -0.2) is 20.2 Å². The average Bonchev–Trinajstić information content (AvgIpc) is 3.05. The highest BCUT2D eigenvalue weighted by atomic mass is 19.3. The maximum absolute atomic E-state index is 13.7. The van der Waals surface area contributed by atoms with Crippen molar-refractivity contribution in [1.82, 2.24) is 20.2 Å². The second kappa shape index (κ2) is 6.83. The molecule has 3 aromatic rings. The molecule has 25 heavy (non-hydrogen) atoms. The standard InChI is InChI=1S/C15H10F4N4O2/c1-7(11-9(16)3-2-4-10(11)17)24-15-20-5-8(6-21-15)13-22-23-14(25-13)12(18)19/h2-7,12H,1H3. The molecule has 1 aromatic carbocycles. The van der Waals surface area contributed by atoms with E-state index in [9.17, 15) is 17.6 Å². The molecule has 2 heterocycles. The van der Waals surface area contributed by atoms with Gasteiger partial charge < -0.3 is 9.15 Å². The second-order valence-corrected chi connectivity index (χ2v) is 4.90. The minimum Gasteiger partial charge on any atom is -0.455 e. The fraction of sp³-hybridized carbons (Fsp3) is 0.200. The van der Waals surface area contributed by atoms with Crippen molar-refractivity contribution >= 4 is 0 Å². The molecule has 0 spiro atoms. The number of alkyl halides is 2. The van der Waals surface area contributed by atoms with Gasteiger partial charge in [-0.15, -0.1) is 10.2 Å². The molecule has 0 fully saturated rings. The third-order valence-electron chi connectivity index (χ3n) is 3.19. The predicted molar refractivity (Wildman–Crippen MR) is 75.7 cm³/mol. The summed E-state index contributed by atoms with van der Waals surface area (Å²) in [6, 6.07) is 3.30. The first-order valence-corrected chi connectivity index (χ1v) is 7.00. The van der Waals surface area contributed by atoms with Crippen LogP contribution in [-0.2, 0) is 0 Å². The zero-order valence-corrected chi connectivity index (χ0v) is 12.7. The number of ether oxygens (including phenoxy) is 1. The number of benzene rings is 1. The van der Waals surface area contributed by atoms with Gasteiger partial charge >= 0.3 is 12.4 Å². The third kappa shape index (κ3) is 3.57. The Morgan fingerprint density at radius 3 is 2.24 bits per heavy atom. The Balaban J connectivity index is 1.76. The molecule has 0 saturated heterocycles. The van der Waals surface area contributed by atoms with Gasteiger partial charge in [0.2, 0.25) is 0 Å². The summed E-state index contributed by atoms with van der Waals surface area (Å²) in [4.78, 5) is 7.68. The van der Waals surface area contributed by atoms with Gasteiger partial charge in [-0.3, -0.25) is 0 Å². The van der Waals surface area contributed by atoms with Gasteiger partial charge in [-0.25, -0.2) is 18.7 Å². The zero-order chi connectivity index (χ0) is 18.0. The monoisotopic (exact) mass is 354 g/mol. The second-order valence-electron chi connectivity index (χ2n) is 4.90. The third-order valence-corrected chi connectivity index (χ3v) is 3.19. The van der Waals surface area contributed by atoms with E-state index in [1.165, 1.54) is 25.4 Å². The smallest absolute Gasteiger partial charge is 0.316 e. The van der Waals surface area contributed by atoms with Gasteiger partial charge in [0.15, 0.2) is 0 Å². The highest BCUT2D eigenvalue weighted by molar-refractivity contribution is 5.49. The summed E-state index contributed by atoms with van der Waals surface area (Å²) >= 11 is 0. The van der Waals surface area contributed by atoms with Crippen LogP contribution in [0.2, 0.25) is 0 Å². The van der Waals surface area contributed by atoms with Crippen LogP contribution >= 0.6 is 0 Å². The fourth-order valence-corrected chi connectivity index (χ4v) is 2.04. The minimum absolute atomic E-state index is 0.160. The van der Waals surface area contributed by atoms with Crippen molar-refractivity contribution in [2.45, 2.75) is 19.5 Å². The van der Waals surface area contributed by atoms with E-state index in [0.717, 1.165) is 12.1 Å². The number of hydrogen-bond donors (Lipinski definition) is 0. The maximum Gasteiger partial charge on any atom is 0.316 e. The van der Waals surface area contributed by atoms with E-state index < -0.39 is 30.1 Å². The highest BCUT2D eigenvalue weighted by Gasteiger charge is 2.20. The van der Waals surface area contributed by atoms with E-state index in [4.69, 9.17) is 9.15 Å². The summed E-state index contributed by atoms with van der Waals surface area (Å²) in [6.45, 7) is 1.44. The number of aromatic nitrogens is 4. The van der Waals surface area contributed by atoms with E-state index in [-0.39, 0.29) is 23.0 Å². The van der Waals surface area contributed by atoms with Crippen LogP contribution in [0.3, 0.4) is 0 Å². The highest BCUT2D eigenvalue weighted by Crippen LogP contribution is 2.26. The Morgan fingerprint density at radius 2 is 1.68 bits per heavy atom. The molecule has 1 atom stereocenters. The van der Waals surface area contributed by atoms with E-state index in [1.807, 2.05) is 0 Å². The topological polar surface area (TPSA) is 73.9 Å². The summed E-state index contributed by atoms with van der Waals surface area (Å²) in [5.74, 6) is -2.52. The summed E-state index contributed by atoms with van der Waals surface area (Å²) in [7, 11) is 0. The van der Waals surface area contributed by atoms with Crippen molar-refractivity contribution in [2.24, 2.45) is 0 Å². The summed E-state index contributed by atoms with van der Waals surface area (Å²) in [6.07, 6.45) is -1.47. The summed E-state index contributed by atoms with van der Waals surface area (Å²) in [5.41, 5.74) is -0.0647. The van der Waals surface area contributed by atoms with Gasteiger partial charge in [0.05, 0.1) is 11.1 Å². The molecule has 0 amide bonds. The molecule has 6 nitrogen and oxygen atoms in total. The lowest BCUT2D eigenvalue weighted by Gasteiger charge is -2.14. The molecule has 0 saturated carbocycles. The first-order chi connectivity index (χ1) is 12.0. The van der Waals surface area contributed by atoms with Gasteiger partial charge in [0.25, 0.3) is 11.8 Å². The Kier molecular flexibility index (Phi) is 4.59. The van der Waals surface area contributed by atoms with Gasteiger partial charge in [-0.1, -0.05) is 6.07 Å². The van der Waals surface area contributed by atoms with E-state index in [0.29, 0.717) is 0 Å². The van der Waals surface area contributed by atoms with Gasteiger partial charge in [0, 0.05) is 12.4 Å². The number of hydrogen-bond acceptors (Lipinski definition) is 6. The lowest BCUT2D eigenvalue weighted by atomic mass is 10.1. The Hall–Kier alpha value is -3.04. The van der Waals surface area contributed by atoms with Crippen LogP contribution in [0.25, 0.3) is 11.5 Å². The number of nitrogens with zero attached hydrogens (tertiary/aromatic N) is 4. The molecular weight excluding hydrogens is 344 g/mol. The largest absolute Gasteiger partial charge is 0.455 e. The molecule has 3 rings (SSSR count).